The Morgan fingerprint density at radius 3 is 2.63 bits per heavy atom. The summed E-state index contributed by atoms with van der Waals surface area (Å²) in [4.78, 5) is 0. The lowest BCUT2D eigenvalue weighted by Crippen LogP contribution is -2.53. The maximum atomic E-state index is 11.3. The quantitative estimate of drug-likeness (QED) is 0.624. The number of aliphatic hydroxyl groups excluding tert-OH is 1. The fourth-order valence-electron chi connectivity index (χ4n) is 8.01. The minimum Gasteiger partial charge on any atom is -0.462 e. The number of aryl methyl sites for hydroxylation is 1. The van der Waals surface area contributed by atoms with E-state index >= 15 is 0 Å². The largest absolute Gasteiger partial charge is 0.462 e. The second-order valence-corrected chi connectivity index (χ2v) is 10.7. The van der Waals surface area contributed by atoms with E-state index in [1.165, 1.54) is 56.9 Å². The maximum Gasteiger partial charge on any atom is 0.127 e. The number of rotatable bonds is 1. The van der Waals surface area contributed by atoms with Gasteiger partial charge in [0.2, 0.25) is 0 Å². The van der Waals surface area contributed by atoms with Gasteiger partial charge in [0, 0.05) is 5.41 Å². The molecule has 5 rings (SSSR count). The van der Waals surface area contributed by atoms with E-state index in [2.05, 4.69) is 19.9 Å². The van der Waals surface area contributed by atoms with Gasteiger partial charge in [-0.05, 0) is 105 Å². The number of aliphatic hydroxyl groups is 1. The molecule has 148 valence electrons. The van der Waals surface area contributed by atoms with Crippen LogP contribution in [0.1, 0.15) is 83.2 Å². The van der Waals surface area contributed by atoms with Crippen LogP contribution in [0.4, 0.5) is 0 Å². The molecular formula is C25H36O2. The van der Waals surface area contributed by atoms with E-state index in [0.29, 0.717) is 11.3 Å². The second kappa shape index (κ2) is 6.24. The van der Waals surface area contributed by atoms with E-state index in [-0.39, 0.29) is 11.5 Å². The van der Waals surface area contributed by atoms with Gasteiger partial charge in [-0.3, -0.25) is 0 Å². The molecule has 0 aliphatic heterocycles. The van der Waals surface area contributed by atoms with Crippen molar-refractivity contribution in [2.75, 3.05) is 0 Å². The highest BCUT2D eigenvalue weighted by Gasteiger charge is 2.60. The van der Waals surface area contributed by atoms with Crippen LogP contribution in [0.3, 0.4) is 0 Å². The minimum absolute atomic E-state index is 0.0620. The highest BCUT2D eigenvalue weighted by molar-refractivity contribution is 5.51. The van der Waals surface area contributed by atoms with Gasteiger partial charge in [0.1, 0.15) is 11.5 Å². The van der Waals surface area contributed by atoms with Crippen molar-refractivity contribution in [3.05, 3.63) is 29.2 Å². The van der Waals surface area contributed by atoms with Gasteiger partial charge in [0.05, 0.1) is 6.10 Å². The SMILES string of the molecule is Cc1ccc(/C=C2/C[C@@H]3[C@H]4CC[C@H]5CCCC[C@]5(C)[C@@H]4CC[C@]3(C)[C@@H]2O)o1. The third-order valence-electron chi connectivity index (χ3n) is 9.54. The molecule has 27 heavy (non-hydrogen) atoms. The van der Waals surface area contributed by atoms with E-state index in [4.69, 9.17) is 4.42 Å². The van der Waals surface area contributed by atoms with Crippen molar-refractivity contribution in [2.24, 2.45) is 34.5 Å². The summed E-state index contributed by atoms with van der Waals surface area (Å²) in [6, 6.07) is 4.06. The molecule has 0 unspecified atom stereocenters. The Morgan fingerprint density at radius 2 is 1.85 bits per heavy atom. The molecule has 0 amide bonds. The van der Waals surface area contributed by atoms with Crippen molar-refractivity contribution in [2.45, 2.75) is 84.7 Å². The summed E-state index contributed by atoms with van der Waals surface area (Å²) in [7, 11) is 0. The molecule has 0 radical (unpaired) electrons. The zero-order valence-electron chi connectivity index (χ0n) is 17.3. The van der Waals surface area contributed by atoms with Crippen LogP contribution in [0.5, 0.6) is 0 Å². The molecule has 0 spiro atoms. The van der Waals surface area contributed by atoms with Crippen LogP contribution in [0.25, 0.3) is 6.08 Å². The van der Waals surface area contributed by atoms with Crippen molar-refractivity contribution < 1.29 is 9.52 Å². The van der Waals surface area contributed by atoms with Gasteiger partial charge in [-0.15, -0.1) is 0 Å². The van der Waals surface area contributed by atoms with Crippen molar-refractivity contribution in [3.8, 4) is 0 Å². The molecule has 0 bridgehead atoms. The van der Waals surface area contributed by atoms with Crippen LogP contribution in [0.2, 0.25) is 0 Å². The normalized spacial score (nSPS) is 48.1. The van der Waals surface area contributed by atoms with Gasteiger partial charge < -0.3 is 9.52 Å². The van der Waals surface area contributed by atoms with Gasteiger partial charge in [0.15, 0.2) is 0 Å². The zero-order chi connectivity index (χ0) is 18.8. The van der Waals surface area contributed by atoms with E-state index in [1.807, 2.05) is 19.1 Å². The Bertz CT molecular complexity index is 745. The van der Waals surface area contributed by atoms with Crippen molar-refractivity contribution in [1.29, 1.82) is 0 Å². The van der Waals surface area contributed by atoms with Crippen molar-refractivity contribution in [3.63, 3.8) is 0 Å². The Kier molecular flexibility index (Phi) is 4.17. The first-order valence-corrected chi connectivity index (χ1v) is 11.4. The summed E-state index contributed by atoms with van der Waals surface area (Å²) in [5.74, 6) is 5.15. The molecule has 1 heterocycles. The number of hydrogen-bond acceptors (Lipinski definition) is 2. The summed E-state index contributed by atoms with van der Waals surface area (Å²) in [6.45, 7) is 6.99. The Hall–Kier alpha value is -1.02. The molecule has 0 saturated heterocycles. The topological polar surface area (TPSA) is 33.4 Å². The highest BCUT2D eigenvalue weighted by Crippen LogP contribution is 2.67. The lowest BCUT2D eigenvalue weighted by molar-refractivity contribution is -0.119. The van der Waals surface area contributed by atoms with Gasteiger partial charge in [-0.25, -0.2) is 0 Å². The van der Waals surface area contributed by atoms with Gasteiger partial charge in [-0.1, -0.05) is 26.7 Å². The molecule has 0 aromatic carbocycles. The summed E-state index contributed by atoms with van der Waals surface area (Å²) in [5, 5.41) is 11.3. The molecule has 4 aliphatic rings. The van der Waals surface area contributed by atoms with E-state index in [9.17, 15) is 5.11 Å². The maximum absolute atomic E-state index is 11.3. The first kappa shape index (κ1) is 18.0. The third-order valence-corrected chi connectivity index (χ3v) is 9.54. The number of furan rings is 1. The average Bonchev–Trinajstić information content (AvgIpc) is 3.16. The summed E-state index contributed by atoms with van der Waals surface area (Å²) < 4.78 is 5.79. The smallest absolute Gasteiger partial charge is 0.127 e. The standard InChI is InChI=1S/C25H36O2/c1-16-7-9-19(27-16)14-17-15-22-20-10-8-18-6-4-5-12-24(18,2)21(20)11-13-25(22,3)23(17)26/h7,9,14,18,20-23,26H,4-6,8,10-13,15H2,1-3H3/b17-14-/t18-,20+,21-,22-,23-,24+,25+/m1/s1. The highest BCUT2D eigenvalue weighted by atomic mass is 16.3. The first-order valence-electron chi connectivity index (χ1n) is 11.4. The molecule has 7 atom stereocenters. The summed E-state index contributed by atoms with van der Waals surface area (Å²) in [6.07, 6.45) is 14.0. The Morgan fingerprint density at radius 1 is 1.00 bits per heavy atom. The van der Waals surface area contributed by atoms with E-state index in [1.54, 1.807) is 0 Å². The first-order chi connectivity index (χ1) is 12.9. The Balaban J connectivity index is 1.45. The number of fused-ring (bicyclic) bond motifs is 5. The van der Waals surface area contributed by atoms with Gasteiger partial charge in [-0.2, -0.15) is 0 Å². The minimum atomic E-state index is -0.300. The predicted molar refractivity (Wildman–Crippen MR) is 109 cm³/mol. The fraction of sp³-hybridized carbons (Fsp3) is 0.760. The van der Waals surface area contributed by atoms with Crippen LogP contribution >= 0.6 is 0 Å². The summed E-state index contributed by atoms with van der Waals surface area (Å²) >= 11 is 0. The molecule has 1 aromatic rings. The van der Waals surface area contributed by atoms with Crippen molar-refractivity contribution in [1.82, 2.24) is 0 Å². The lowest BCUT2D eigenvalue weighted by Gasteiger charge is -2.60. The lowest BCUT2D eigenvalue weighted by atomic mass is 9.45. The predicted octanol–water partition coefficient (Wildman–Crippen LogP) is 6.38. The molecule has 1 N–H and O–H groups in total. The van der Waals surface area contributed by atoms with Crippen LogP contribution in [0.15, 0.2) is 22.1 Å². The molecule has 2 nitrogen and oxygen atoms in total. The fourth-order valence-corrected chi connectivity index (χ4v) is 8.01. The van der Waals surface area contributed by atoms with Crippen LogP contribution in [-0.4, -0.2) is 11.2 Å². The van der Waals surface area contributed by atoms with Crippen molar-refractivity contribution >= 4 is 6.08 Å². The molecule has 4 aliphatic carbocycles. The van der Waals surface area contributed by atoms with E-state index in [0.717, 1.165) is 35.7 Å². The van der Waals surface area contributed by atoms with E-state index < -0.39 is 0 Å². The average molecular weight is 369 g/mol. The Labute approximate surface area is 164 Å². The monoisotopic (exact) mass is 368 g/mol. The zero-order valence-corrected chi connectivity index (χ0v) is 17.3. The molecule has 4 fully saturated rings. The molecule has 2 heteroatoms. The van der Waals surface area contributed by atoms with Crippen LogP contribution in [-0.2, 0) is 0 Å². The van der Waals surface area contributed by atoms with Crippen LogP contribution < -0.4 is 0 Å². The third kappa shape index (κ3) is 2.62. The van der Waals surface area contributed by atoms with Gasteiger partial charge >= 0.3 is 0 Å². The molecule has 1 aromatic heterocycles. The number of hydrogen-bond donors (Lipinski definition) is 1. The molecular weight excluding hydrogens is 332 g/mol. The van der Waals surface area contributed by atoms with Crippen LogP contribution in [0, 0.1) is 41.4 Å². The molecule has 4 saturated carbocycles. The second-order valence-electron chi connectivity index (χ2n) is 10.7. The van der Waals surface area contributed by atoms with Gasteiger partial charge in [0.25, 0.3) is 0 Å². The summed E-state index contributed by atoms with van der Waals surface area (Å²) in [5.41, 5.74) is 1.85.